The van der Waals surface area contributed by atoms with Gasteiger partial charge in [-0.2, -0.15) is 0 Å². The third kappa shape index (κ3) is 4.98. The van der Waals surface area contributed by atoms with Gasteiger partial charge in [0.05, 0.1) is 12.6 Å². The number of nitrogens with one attached hydrogen (secondary N) is 1. The van der Waals surface area contributed by atoms with E-state index in [1.54, 1.807) is 19.1 Å². The maximum atomic E-state index is 12.4. The number of amides is 1. The smallest absolute Gasteiger partial charge is 0.243 e. The number of anilines is 2. The number of aliphatic hydroxyl groups excluding tert-OH is 1. The Hall–Kier alpha value is -2.04. The predicted molar refractivity (Wildman–Crippen MR) is 95.2 cm³/mol. The van der Waals surface area contributed by atoms with Crippen molar-refractivity contribution in [2.75, 3.05) is 23.3 Å². The van der Waals surface area contributed by atoms with Crippen LogP contribution in [0.15, 0.2) is 48.5 Å². The fourth-order valence-electron chi connectivity index (χ4n) is 2.32. The van der Waals surface area contributed by atoms with Crippen molar-refractivity contribution in [2.24, 2.45) is 0 Å². The van der Waals surface area contributed by atoms with Crippen LogP contribution in [-0.4, -0.2) is 30.2 Å². The summed E-state index contributed by atoms with van der Waals surface area (Å²) in [6.45, 7) is 4.10. The summed E-state index contributed by atoms with van der Waals surface area (Å²) in [7, 11) is 0. The van der Waals surface area contributed by atoms with Gasteiger partial charge in [0.25, 0.3) is 0 Å². The van der Waals surface area contributed by atoms with E-state index in [4.69, 9.17) is 11.6 Å². The number of rotatable bonds is 6. The van der Waals surface area contributed by atoms with Crippen LogP contribution >= 0.6 is 11.6 Å². The van der Waals surface area contributed by atoms with Crippen molar-refractivity contribution in [1.82, 2.24) is 0 Å². The highest BCUT2D eigenvalue weighted by Crippen LogP contribution is 2.23. The minimum atomic E-state index is -0.532. The minimum Gasteiger partial charge on any atom is -0.392 e. The second kappa shape index (κ2) is 7.99. The van der Waals surface area contributed by atoms with Crippen molar-refractivity contribution in [3.8, 4) is 0 Å². The highest BCUT2D eigenvalue weighted by atomic mass is 35.5. The van der Waals surface area contributed by atoms with Crippen LogP contribution in [0.5, 0.6) is 0 Å². The molecule has 0 aliphatic rings. The topological polar surface area (TPSA) is 52.6 Å². The first-order chi connectivity index (χ1) is 11.0. The first-order valence-corrected chi connectivity index (χ1v) is 7.88. The van der Waals surface area contributed by atoms with E-state index >= 15 is 0 Å². The number of hydrogen-bond acceptors (Lipinski definition) is 3. The molecule has 2 aromatic rings. The molecule has 0 unspecified atom stereocenters. The van der Waals surface area contributed by atoms with Crippen LogP contribution in [0.25, 0.3) is 0 Å². The molecular weight excluding hydrogens is 312 g/mol. The van der Waals surface area contributed by atoms with Gasteiger partial charge in [-0.1, -0.05) is 35.9 Å². The zero-order chi connectivity index (χ0) is 16.8. The molecule has 2 rings (SSSR count). The number of carbonyl (C=O) groups excluding carboxylic acids is 1. The van der Waals surface area contributed by atoms with Gasteiger partial charge in [-0.05, 0) is 43.7 Å². The van der Waals surface area contributed by atoms with Gasteiger partial charge >= 0.3 is 0 Å². The van der Waals surface area contributed by atoms with E-state index in [1.807, 2.05) is 48.2 Å². The average Bonchev–Trinajstić information content (AvgIpc) is 2.51. The molecule has 0 aliphatic carbocycles. The number of benzene rings is 2. The first kappa shape index (κ1) is 17.3. The molecule has 0 spiro atoms. The molecule has 0 fully saturated rings. The lowest BCUT2D eigenvalue weighted by Gasteiger charge is -2.25. The highest BCUT2D eigenvalue weighted by molar-refractivity contribution is 6.31. The fraction of sp³-hybridized carbons (Fsp3) is 0.278. The Labute approximate surface area is 141 Å². The maximum Gasteiger partial charge on any atom is 0.243 e. The quantitative estimate of drug-likeness (QED) is 0.851. The summed E-state index contributed by atoms with van der Waals surface area (Å²) < 4.78 is 0. The predicted octanol–water partition coefficient (Wildman–Crippen LogP) is 3.47. The number of aliphatic hydroxyl groups is 1. The first-order valence-electron chi connectivity index (χ1n) is 7.50. The van der Waals surface area contributed by atoms with E-state index in [2.05, 4.69) is 5.32 Å². The molecule has 0 aliphatic heterocycles. The van der Waals surface area contributed by atoms with E-state index in [0.29, 0.717) is 17.3 Å². The van der Waals surface area contributed by atoms with Crippen LogP contribution in [0, 0.1) is 6.92 Å². The van der Waals surface area contributed by atoms with Gasteiger partial charge in [-0.25, -0.2) is 0 Å². The van der Waals surface area contributed by atoms with E-state index < -0.39 is 6.10 Å². The third-order valence-electron chi connectivity index (χ3n) is 3.48. The van der Waals surface area contributed by atoms with E-state index in [0.717, 1.165) is 11.3 Å². The van der Waals surface area contributed by atoms with E-state index in [-0.39, 0.29) is 12.5 Å². The average molecular weight is 333 g/mol. The zero-order valence-corrected chi connectivity index (χ0v) is 14.0. The number of nitrogens with zero attached hydrogens (tertiary/aromatic N) is 1. The van der Waals surface area contributed by atoms with Crippen molar-refractivity contribution in [3.05, 3.63) is 59.1 Å². The second-order valence-corrected chi connectivity index (χ2v) is 5.93. The molecule has 1 atom stereocenters. The Morgan fingerprint density at radius 1 is 1.22 bits per heavy atom. The summed E-state index contributed by atoms with van der Waals surface area (Å²) in [6, 6.07) is 15.0. The lowest BCUT2D eigenvalue weighted by atomic mass is 10.2. The van der Waals surface area contributed by atoms with Gasteiger partial charge in [0, 0.05) is 22.9 Å². The van der Waals surface area contributed by atoms with Crippen molar-refractivity contribution in [3.63, 3.8) is 0 Å². The summed E-state index contributed by atoms with van der Waals surface area (Å²) in [5.74, 6) is -0.153. The monoisotopic (exact) mass is 332 g/mol. The SMILES string of the molecule is Cc1c(Cl)cccc1NC(=O)CN(C[C@H](C)O)c1ccccc1. The lowest BCUT2D eigenvalue weighted by Crippen LogP contribution is -2.37. The molecule has 5 heteroatoms. The third-order valence-corrected chi connectivity index (χ3v) is 3.89. The zero-order valence-electron chi connectivity index (χ0n) is 13.3. The normalized spacial score (nSPS) is 11.8. The highest BCUT2D eigenvalue weighted by Gasteiger charge is 2.14. The van der Waals surface area contributed by atoms with Gasteiger partial charge in [-0.3, -0.25) is 4.79 Å². The van der Waals surface area contributed by atoms with Crippen molar-refractivity contribution in [1.29, 1.82) is 0 Å². The Morgan fingerprint density at radius 2 is 1.91 bits per heavy atom. The molecule has 0 aromatic heterocycles. The molecule has 0 saturated heterocycles. The maximum absolute atomic E-state index is 12.4. The fourth-order valence-corrected chi connectivity index (χ4v) is 2.50. The molecule has 0 heterocycles. The molecule has 0 radical (unpaired) electrons. The molecule has 1 amide bonds. The summed E-state index contributed by atoms with van der Waals surface area (Å²) in [5, 5.41) is 13.2. The summed E-state index contributed by atoms with van der Waals surface area (Å²) >= 11 is 6.07. The Morgan fingerprint density at radius 3 is 2.57 bits per heavy atom. The number of para-hydroxylation sites is 1. The standard InChI is InChI=1S/C18H21ClN2O2/c1-13(22)11-21(15-7-4-3-5-8-15)12-18(23)20-17-10-6-9-16(19)14(17)2/h3-10,13,22H,11-12H2,1-2H3,(H,20,23)/t13-/m0/s1. The van der Waals surface area contributed by atoms with Crippen LogP contribution in [-0.2, 0) is 4.79 Å². The number of halogens is 1. The Balaban J connectivity index is 2.10. The second-order valence-electron chi connectivity index (χ2n) is 5.53. The minimum absolute atomic E-state index is 0.153. The molecule has 2 aromatic carbocycles. The molecule has 0 saturated carbocycles. The molecule has 23 heavy (non-hydrogen) atoms. The Bertz CT molecular complexity index is 659. The number of hydrogen-bond donors (Lipinski definition) is 2. The Kier molecular flexibility index (Phi) is 6.02. The van der Waals surface area contributed by atoms with Gasteiger partial charge in [0.1, 0.15) is 0 Å². The van der Waals surface area contributed by atoms with Gasteiger partial charge in [0.2, 0.25) is 5.91 Å². The summed E-state index contributed by atoms with van der Waals surface area (Å²) in [5.41, 5.74) is 2.43. The van der Waals surface area contributed by atoms with Crippen molar-refractivity contribution < 1.29 is 9.90 Å². The van der Waals surface area contributed by atoms with Gasteiger partial charge < -0.3 is 15.3 Å². The summed E-state index contributed by atoms with van der Waals surface area (Å²) in [6.07, 6.45) is -0.532. The van der Waals surface area contributed by atoms with Crippen LogP contribution in [0.3, 0.4) is 0 Å². The van der Waals surface area contributed by atoms with E-state index in [1.165, 1.54) is 0 Å². The number of carbonyl (C=O) groups is 1. The van der Waals surface area contributed by atoms with Crippen LogP contribution in [0.4, 0.5) is 11.4 Å². The molecule has 4 nitrogen and oxygen atoms in total. The van der Waals surface area contributed by atoms with Gasteiger partial charge in [0.15, 0.2) is 0 Å². The summed E-state index contributed by atoms with van der Waals surface area (Å²) in [4.78, 5) is 14.2. The van der Waals surface area contributed by atoms with Crippen LogP contribution < -0.4 is 10.2 Å². The van der Waals surface area contributed by atoms with Crippen LogP contribution in [0.2, 0.25) is 5.02 Å². The van der Waals surface area contributed by atoms with Gasteiger partial charge in [-0.15, -0.1) is 0 Å². The molecule has 122 valence electrons. The lowest BCUT2D eigenvalue weighted by molar-refractivity contribution is -0.115. The molecule has 2 N–H and O–H groups in total. The van der Waals surface area contributed by atoms with E-state index in [9.17, 15) is 9.90 Å². The van der Waals surface area contributed by atoms with Crippen molar-refractivity contribution >= 4 is 28.9 Å². The molecule has 0 bridgehead atoms. The van der Waals surface area contributed by atoms with Crippen LogP contribution in [0.1, 0.15) is 12.5 Å². The molecular formula is C18H21ClN2O2. The largest absolute Gasteiger partial charge is 0.392 e. The van der Waals surface area contributed by atoms with Crippen molar-refractivity contribution in [2.45, 2.75) is 20.0 Å².